The third kappa shape index (κ3) is 5.16. The lowest BCUT2D eigenvalue weighted by atomic mass is 10.0. The molecule has 0 saturated carbocycles. The average Bonchev–Trinajstić information content (AvgIpc) is 2.56. The van der Waals surface area contributed by atoms with Gasteiger partial charge in [-0.2, -0.15) is 11.8 Å². The molecule has 1 fully saturated rings. The van der Waals surface area contributed by atoms with Crippen LogP contribution in [0.4, 0.5) is 4.79 Å². The second-order valence-corrected chi connectivity index (χ2v) is 6.43. The molecule has 23 heavy (non-hydrogen) atoms. The fraction of sp³-hybridized carbons (Fsp3) is 0.529. The summed E-state index contributed by atoms with van der Waals surface area (Å²) in [5.41, 5.74) is 1.90. The summed E-state index contributed by atoms with van der Waals surface area (Å²) in [5, 5.41) is 3.06. The first-order valence-corrected chi connectivity index (χ1v) is 9.34. The van der Waals surface area contributed by atoms with Gasteiger partial charge in [0.15, 0.2) is 0 Å². The monoisotopic (exact) mass is 336 g/mol. The molecular formula is C17H24N2O3S. The molecular weight excluding hydrogens is 312 g/mol. The van der Waals surface area contributed by atoms with E-state index in [9.17, 15) is 9.59 Å². The third-order valence-corrected chi connectivity index (χ3v) is 4.51. The molecule has 1 aliphatic heterocycles. The summed E-state index contributed by atoms with van der Waals surface area (Å²) < 4.78 is 5.00. The molecule has 1 heterocycles. The maximum Gasteiger partial charge on any atom is 0.409 e. The zero-order chi connectivity index (χ0) is 16.7. The van der Waals surface area contributed by atoms with Crippen molar-refractivity contribution in [1.29, 1.82) is 0 Å². The van der Waals surface area contributed by atoms with Crippen LogP contribution < -0.4 is 5.32 Å². The summed E-state index contributed by atoms with van der Waals surface area (Å²) in [6.07, 6.45) is 3.31. The number of amides is 2. The minimum absolute atomic E-state index is 0.0460. The summed E-state index contributed by atoms with van der Waals surface area (Å²) in [4.78, 5) is 25.6. The summed E-state index contributed by atoms with van der Waals surface area (Å²) in [6.45, 7) is 3.43. The number of carbonyl (C=O) groups is 2. The molecule has 2 amide bonds. The van der Waals surface area contributed by atoms with E-state index in [2.05, 4.69) is 11.6 Å². The zero-order valence-corrected chi connectivity index (χ0v) is 14.5. The highest BCUT2D eigenvalue weighted by molar-refractivity contribution is 7.97. The maximum absolute atomic E-state index is 12.3. The van der Waals surface area contributed by atoms with Gasteiger partial charge in [0.25, 0.3) is 5.91 Å². The van der Waals surface area contributed by atoms with Crippen LogP contribution in [0.1, 0.15) is 35.7 Å². The second kappa shape index (κ2) is 8.82. The zero-order valence-electron chi connectivity index (χ0n) is 13.7. The van der Waals surface area contributed by atoms with E-state index in [1.165, 1.54) is 5.56 Å². The number of nitrogens with one attached hydrogen (secondary N) is 1. The predicted octanol–water partition coefficient (Wildman–Crippen LogP) is 2.90. The number of hydrogen-bond donors (Lipinski definition) is 1. The minimum atomic E-state index is -0.262. The number of benzene rings is 1. The molecule has 0 aliphatic carbocycles. The highest BCUT2D eigenvalue weighted by atomic mass is 32.2. The Hall–Kier alpha value is -1.69. The number of piperidine rings is 1. The van der Waals surface area contributed by atoms with Gasteiger partial charge in [-0.05, 0) is 43.7 Å². The van der Waals surface area contributed by atoms with Crippen molar-refractivity contribution in [2.75, 3.05) is 26.0 Å². The van der Waals surface area contributed by atoms with Crippen molar-refractivity contribution in [3.8, 4) is 0 Å². The summed E-state index contributed by atoms with van der Waals surface area (Å²) >= 11 is 1.76. The molecule has 0 spiro atoms. The van der Waals surface area contributed by atoms with E-state index >= 15 is 0 Å². The number of rotatable bonds is 5. The van der Waals surface area contributed by atoms with Crippen molar-refractivity contribution in [2.24, 2.45) is 0 Å². The van der Waals surface area contributed by atoms with E-state index in [1.54, 1.807) is 23.6 Å². The minimum Gasteiger partial charge on any atom is -0.450 e. The lowest BCUT2D eigenvalue weighted by Crippen LogP contribution is -2.46. The number of ether oxygens (including phenoxy) is 1. The van der Waals surface area contributed by atoms with Crippen LogP contribution in [0.2, 0.25) is 0 Å². The van der Waals surface area contributed by atoms with E-state index < -0.39 is 0 Å². The van der Waals surface area contributed by atoms with Gasteiger partial charge < -0.3 is 15.0 Å². The van der Waals surface area contributed by atoms with E-state index in [0.717, 1.165) is 18.6 Å². The Morgan fingerprint density at radius 1 is 1.26 bits per heavy atom. The predicted molar refractivity (Wildman–Crippen MR) is 92.7 cm³/mol. The SMILES string of the molecule is CCOC(=O)N1CCC(NC(=O)c2ccc(CSC)cc2)CC1. The average molecular weight is 336 g/mol. The largest absolute Gasteiger partial charge is 0.450 e. The number of thioether (sulfide) groups is 1. The maximum atomic E-state index is 12.3. The lowest BCUT2D eigenvalue weighted by Gasteiger charge is -2.31. The van der Waals surface area contributed by atoms with Crippen molar-refractivity contribution in [2.45, 2.75) is 31.6 Å². The molecule has 5 nitrogen and oxygen atoms in total. The van der Waals surface area contributed by atoms with E-state index in [0.29, 0.717) is 25.3 Å². The van der Waals surface area contributed by atoms with E-state index in [1.807, 2.05) is 24.3 Å². The van der Waals surface area contributed by atoms with Gasteiger partial charge in [0.05, 0.1) is 6.61 Å². The van der Waals surface area contributed by atoms with E-state index in [-0.39, 0.29) is 18.0 Å². The van der Waals surface area contributed by atoms with Crippen molar-refractivity contribution in [3.05, 3.63) is 35.4 Å². The van der Waals surface area contributed by atoms with Crippen LogP contribution in [0.5, 0.6) is 0 Å². The Bertz CT molecular complexity index is 525. The van der Waals surface area contributed by atoms with Gasteiger partial charge >= 0.3 is 6.09 Å². The summed E-state index contributed by atoms with van der Waals surface area (Å²) in [7, 11) is 0. The van der Waals surface area contributed by atoms with Crippen LogP contribution >= 0.6 is 11.8 Å². The molecule has 1 aromatic carbocycles. The molecule has 1 saturated heterocycles. The topological polar surface area (TPSA) is 58.6 Å². The quantitative estimate of drug-likeness (QED) is 0.898. The summed E-state index contributed by atoms with van der Waals surface area (Å²) in [6, 6.07) is 7.84. The number of nitrogens with zero attached hydrogens (tertiary/aromatic N) is 1. The van der Waals surface area contributed by atoms with Crippen molar-refractivity contribution < 1.29 is 14.3 Å². The van der Waals surface area contributed by atoms with Gasteiger partial charge in [-0.25, -0.2) is 4.79 Å². The van der Waals surface area contributed by atoms with Crippen LogP contribution in [0, 0.1) is 0 Å². The standard InChI is InChI=1S/C17H24N2O3S/c1-3-22-17(21)19-10-8-15(9-11-19)18-16(20)14-6-4-13(5-7-14)12-23-2/h4-7,15H,3,8-12H2,1-2H3,(H,18,20). The van der Waals surface area contributed by atoms with Gasteiger partial charge in [0.1, 0.15) is 0 Å². The molecule has 1 N–H and O–H groups in total. The van der Waals surface area contributed by atoms with Gasteiger partial charge in [-0.15, -0.1) is 0 Å². The molecule has 6 heteroatoms. The van der Waals surface area contributed by atoms with Crippen molar-refractivity contribution >= 4 is 23.8 Å². The lowest BCUT2D eigenvalue weighted by molar-refractivity contribution is 0.0860. The molecule has 1 aliphatic rings. The van der Waals surface area contributed by atoms with Gasteiger partial charge in [-0.1, -0.05) is 12.1 Å². The highest BCUT2D eigenvalue weighted by Gasteiger charge is 2.24. The Labute approximate surface area is 141 Å². The highest BCUT2D eigenvalue weighted by Crippen LogP contribution is 2.14. The molecule has 0 radical (unpaired) electrons. The number of carbonyl (C=O) groups excluding carboxylic acids is 2. The smallest absolute Gasteiger partial charge is 0.409 e. The van der Waals surface area contributed by atoms with Crippen molar-refractivity contribution in [1.82, 2.24) is 10.2 Å². The number of hydrogen-bond acceptors (Lipinski definition) is 4. The Kier molecular flexibility index (Phi) is 6.77. The molecule has 0 bridgehead atoms. The van der Waals surface area contributed by atoms with E-state index in [4.69, 9.17) is 4.74 Å². The second-order valence-electron chi connectivity index (χ2n) is 5.56. The summed E-state index contributed by atoms with van der Waals surface area (Å²) in [5.74, 6) is 0.907. The first-order chi connectivity index (χ1) is 11.1. The fourth-order valence-electron chi connectivity index (χ4n) is 2.61. The molecule has 126 valence electrons. The molecule has 1 aromatic rings. The first kappa shape index (κ1) is 17.7. The van der Waals surface area contributed by atoms with Crippen LogP contribution in [0.3, 0.4) is 0 Å². The Morgan fingerprint density at radius 3 is 2.48 bits per heavy atom. The molecule has 2 rings (SSSR count). The van der Waals surface area contributed by atoms with Crippen LogP contribution in [0.25, 0.3) is 0 Å². The normalized spacial score (nSPS) is 15.3. The molecule has 0 atom stereocenters. The third-order valence-electron chi connectivity index (χ3n) is 3.88. The van der Waals surface area contributed by atoms with Gasteiger partial charge in [-0.3, -0.25) is 4.79 Å². The van der Waals surface area contributed by atoms with Gasteiger partial charge in [0.2, 0.25) is 0 Å². The molecule has 0 unspecified atom stereocenters. The van der Waals surface area contributed by atoms with Crippen molar-refractivity contribution in [3.63, 3.8) is 0 Å². The Balaban J connectivity index is 1.81. The number of likely N-dealkylation sites (tertiary alicyclic amines) is 1. The fourth-order valence-corrected chi connectivity index (χ4v) is 3.13. The van der Waals surface area contributed by atoms with Crippen LogP contribution in [-0.4, -0.2) is 48.9 Å². The Morgan fingerprint density at radius 2 is 1.91 bits per heavy atom. The van der Waals surface area contributed by atoms with Gasteiger partial charge in [0, 0.05) is 30.4 Å². The first-order valence-electron chi connectivity index (χ1n) is 7.94. The van der Waals surface area contributed by atoms with Crippen LogP contribution in [0.15, 0.2) is 24.3 Å². The van der Waals surface area contributed by atoms with Crippen LogP contribution in [-0.2, 0) is 10.5 Å². The molecule has 0 aromatic heterocycles.